The van der Waals surface area contributed by atoms with Gasteiger partial charge in [-0.3, -0.25) is 0 Å². The molecule has 0 N–H and O–H groups in total. The Morgan fingerprint density at radius 1 is 0.737 bits per heavy atom. The Bertz CT molecular complexity index is 343. The summed E-state index contributed by atoms with van der Waals surface area (Å²) in [6.07, 6.45) is -21.5. The topological polar surface area (TPSA) is 3.24 Å². The second kappa shape index (κ2) is 4.67. The van der Waals surface area contributed by atoms with Crippen molar-refractivity contribution in [3.63, 3.8) is 0 Å². The molecule has 0 aliphatic carbocycles. The summed E-state index contributed by atoms with van der Waals surface area (Å²) in [5.41, 5.74) is 0. The van der Waals surface area contributed by atoms with Crippen LogP contribution in [0.5, 0.6) is 0 Å². The van der Waals surface area contributed by atoms with Crippen LogP contribution in [0.15, 0.2) is 12.0 Å². The third-order valence-electron chi connectivity index (χ3n) is 1.37. The number of allylic oxidation sites excluding steroid dienone is 1. The first-order valence-corrected chi connectivity index (χ1v) is 3.77. The van der Waals surface area contributed by atoms with E-state index in [0.717, 1.165) is 0 Å². The molecule has 0 radical (unpaired) electrons. The van der Waals surface area contributed by atoms with Crippen molar-refractivity contribution in [2.24, 2.45) is 0 Å². The number of alkyl halides is 11. The fraction of sp³-hybridized carbons (Fsp3) is 0.667. The molecule has 0 aromatic rings. The maximum Gasteiger partial charge on any atom is 0.491 e. The molecule has 0 aromatic carbocycles. The molecule has 0 spiro atoms. The number of hydrogen-bond acceptors (Lipinski definition) is 1. The van der Waals surface area contributed by atoms with E-state index in [-0.39, 0.29) is 0 Å². The number of nitrogens with zero attached hydrogens (tertiary/aromatic N) is 1. The maximum atomic E-state index is 12.5. The van der Waals surface area contributed by atoms with Crippen molar-refractivity contribution in [2.45, 2.75) is 24.7 Å². The molecular weight excluding hydrogens is 314 g/mol. The first-order chi connectivity index (χ1) is 8.00. The molecule has 0 saturated heterocycles. The third kappa shape index (κ3) is 4.38. The highest BCUT2D eigenvalue weighted by Crippen LogP contribution is 2.46. The molecule has 1 nitrogen and oxygen atoms in total. The molecule has 0 aromatic heterocycles. The van der Waals surface area contributed by atoms with Gasteiger partial charge in [-0.2, -0.15) is 44.4 Å². The van der Waals surface area contributed by atoms with E-state index in [4.69, 9.17) is 0 Å². The summed E-state index contributed by atoms with van der Waals surface area (Å²) >= 11 is 0. The second-order valence-corrected chi connectivity index (χ2v) is 2.85. The summed E-state index contributed by atoms with van der Waals surface area (Å²) in [4.78, 5) is -3.26. The van der Waals surface area contributed by atoms with E-state index in [9.17, 15) is 52.7 Å². The summed E-state index contributed by atoms with van der Waals surface area (Å²) in [6.45, 7) is 0. The maximum absolute atomic E-state index is 12.5. The highest BCUT2D eigenvalue weighted by molar-refractivity contribution is 5.01. The van der Waals surface area contributed by atoms with E-state index in [1.165, 1.54) is 0 Å². The lowest BCUT2D eigenvalue weighted by Crippen LogP contribution is -2.57. The second-order valence-electron chi connectivity index (χ2n) is 2.85. The van der Waals surface area contributed by atoms with Crippen LogP contribution >= 0.6 is 0 Å². The predicted molar refractivity (Wildman–Crippen MR) is 34.1 cm³/mol. The molecule has 19 heavy (non-hydrogen) atoms. The van der Waals surface area contributed by atoms with Crippen LogP contribution in [-0.2, 0) is 0 Å². The molecule has 0 heterocycles. The molecule has 0 bridgehead atoms. The molecule has 0 rings (SSSR count). The average Bonchev–Trinajstić information content (AvgIpc) is 1.92. The van der Waals surface area contributed by atoms with E-state index in [1.54, 1.807) is 0 Å². The predicted octanol–water partition coefficient (Wildman–Crippen LogP) is 4.34. The lowest BCUT2D eigenvalue weighted by molar-refractivity contribution is -0.404. The van der Waals surface area contributed by atoms with Gasteiger partial charge in [-0.1, -0.05) is 0 Å². The van der Waals surface area contributed by atoms with Gasteiger partial charge >= 0.3 is 24.7 Å². The minimum atomic E-state index is -6.95. The van der Waals surface area contributed by atoms with E-state index in [0.29, 0.717) is 0 Å². The van der Waals surface area contributed by atoms with Crippen LogP contribution in [-0.4, -0.2) is 29.6 Å². The highest BCUT2D eigenvalue weighted by atomic mass is 19.4. The number of rotatable bonds is 2. The molecule has 13 heteroatoms. The van der Waals surface area contributed by atoms with Crippen molar-refractivity contribution in [3.05, 3.63) is 12.0 Å². The van der Waals surface area contributed by atoms with Crippen LogP contribution < -0.4 is 0 Å². The van der Waals surface area contributed by atoms with Crippen LogP contribution in [0, 0.1) is 0 Å². The fourth-order valence-electron chi connectivity index (χ4n) is 0.741. The van der Waals surface area contributed by atoms with Gasteiger partial charge in [-0.25, -0.2) is 0 Å². The molecule has 0 aliphatic heterocycles. The van der Waals surface area contributed by atoms with Crippen molar-refractivity contribution in [1.82, 2.24) is 4.90 Å². The Balaban J connectivity index is 5.83. The zero-order valence-corrected chi connectivity index (χ0v) is 8.06. The van der Waals surface area contributed by atoms with Crippen LogP contribution in [0.3, 0.4) is 0 Å². The quantitative estimate of drug-likeness (QED) is 0.541. The lowest BCUT2D eigenvalue weighted by Gasteiger charge is -2.33. The summed E-state index contributed by atoms with van der Waals surface area (Å²) in [5.74, 6) is -3.85. The monoisotopic (exact) mass is 315 g/mol. The lowest BCUT2D eigenvalue weighted by atomic mass is 10.4. The summed E-state index contributed by atoms with van der Waals surface area (Å²) in [7, 11) is 0. The zero-order chi connectivity index (χ0) is 15.9. The van der Waals surface area contributed by atoms with Gasteiger partial charge in [-0.15, -0.1) is 13.2 Å². The molecule has 0 aliphatic rings. The number of hydrogen-bond donors (Lipinski definition) is 0. The fourth-order valence-corrected chi connectivity index (χ4v) is 0.741. The molecule has 0 saturated carbocycles. The molecular formula is C6HF12N. The van der Waals surface area contributed by atoms with Crippen molar-refractivity contribution < 1.29 is 52.7 Å². The highest BCUT2D eigenvalue weighted by Gasteiger charge is 2.69. The van der Waals surface area contributed by atoms with Gasteiger partial charge in [0.2, 0.25) is 5.95 Å². The Hall–Kier alpha value is -1.30. The van der Waals surface area contributed by atoms with Crippen LogP contribution in [0.25, 0.3) is 0 Å². The minimum absolute atomic E-state index is 1.97. The van der Waals surface area contributed by atoms with E-state index in [1.807, 2.05) is 0 Å². The normalized spacial score (nSPS) is 15.7. The third-order valence-corrected chi connectivity index (χ3v) is 1.37. The van der Waals surface area contributed by atoms with Crippen molar-refractivity contribution in [3.8, 4) is 0 Å². The van der Waals surface area contributed by atoms with E-state index >= 15 is 0 Å². The average molecular weight is 315 g/mol. The van der Waals surface area contributed by atoms with Crippen molar-refractivity contribution in [2.75, 3.05) is 0 Å². The van der Waals surface area contributed by atoms with Gasteiger partial charge in [0, 0.05) is 0 Å². The zero-order valence-electron chi connectivity index (χ0n) is 8.06. The molecule has 114 valence electrons. The molecule has 0 unspecified atom stereocenters. The molecule has 0 amide bonds. The largest absolute Gasteiger partial charge is 0.491 e. The first kappa shape index (κ1) is 17.7. The molecule has 0 fully saturated rings. The summed E-state index contributed by atoms with van der Waals surface area (Å²) < 4.78 is 142. The summed E-state index contributed by atoms with van der Waals surface area (Å²) in [5, 5.41) is 0. The van der Waals surface area contributed by atoms with E-state index < -0.39 is 41.6 Å². The van der Waals surface area contributed by atoms with Crippen LogP contribution in [0.4, 0.5) is 52.7 Å². The smallest absolute Gasteiger partial charge is 0.190 e. The minimum Gasteiger partial charge on any atom is -0.190 e. The van der Waals surface area contributed by atoms with Gasteiger partial charge in [0.25, 0.3) is 0 Å². The SMILES string of the molecule is FC(=CC(F)(F)F)N(C(F)(F)F)C(F)(F)C(F)(F)F. The Morgan fingerprint density at radius 2 is 1.11 bits per heavy atom. The van der Waals surface area contributed by atoms with Crippen LogP contribution in [0.2, 0.25) is 0 Å². The standard InChI is InChI=1S/C6HF12N/c7-2(1-3(8,9)10)19(6(16,17)18)5(14,15)4(11,12)13/h1H. The van der Waals surface area contributed by atoms with Gasteiger partial charge < -0.3 is 0 Å². The Kier molecular flexibility index (Phi) is 4.35. The van der Waals surface area contributed by atoms with Gasteiger partial charge in [0.1, 0.15) is 0 Å². The van der Waals surface area contributed by atoms with Crippen molar-refractivity contribution in [1.29, 1.82) is 0 Å². The first-order valence-electron chi connectivity index (χ1n) is 3.77. The van der Waals surface area contributed by atoms with Crippen molar-refractivity contribution >= 4 is 0 Å². The van der Waals surface area contributed by atoms with Gasteiger partial charge in [0.05, 0.1) is 6.08 Å². The Morgan fingerprint density at radius 3 is 1.32 bits per heavy atom. The molecule has 0 atom stereocenters. The Labute approximate surface area is 95.6 Å². The van der Waals surface area contributed by atoms with Crippen LogP contribution in [0.1, 0.15) is 0 Å². The van der Waals surface area contributed by atoms with E-state index in [2.05, 4.69) is 0 Å². The number of halogens is 12. The van der Waals surface area contributed by atoms with Gasteiger partial charge in [0.15, 0.2) is 0 Å². The summed E-state index contributed by atoms with van der Waals surface area (Å²) in [6, 6.07) is -6.91. The van der Waals surface area contributed by atoms with Gasteiger partial charge in [-0.05, 0) is 0 Å².